The number of nitrogens with zero attached hydrogens (tertiary/aromatic N) is 1. The Balaban J connectivity index is 4.51. The first-order valence-electron chi connectivity index (χ1n) is 21.6. The van der Waals surface area contributed by atoms with Gasteiger partial charge in [0.05, 0.1) is 33.9 Å². The third-order valence-corrected chi connectivity index (χ3v) is 9.92. The van der Waals surface area contributed by atoms with Crippen molar-refractivity contribution in [3.8, 4) is 0 Å². The minimum absolute atomic E-state index is 0.0116. The Labute approximate surface area is 341 Å². The first-order valence-corrected chi connectivity index (χ1v) is 23.1. The molecule has 0 spiro atoms. The smallest absolute Gasteiger partial charge is 0.462 e. The topological polar surface area (TPSA) is 129 Å². The summed E-state index contributed by atoms with van der Waals surface area (Å²) in [7, 11) is 1.41. The molecule has 3 unspecified atom stereocenters. The minimum Gasteiger partial charge on any atom is -0.462 e. The quantitative estimate of drug-likeness (QED) is 0.0206. The highest BCUT2D eigenvalue weighted by atomic mass is 31.2. The van der Waals surface area contributed by atoms with Gasteiger partial charge in [-0.15, -0.1) is 0 Å². The molecule has 56 heavy (non-hydrogen) atoms. The van der Waals surface area contributed by atoms with E-state index in [0.717, 1.165) is 70.6 Å². The number of unbranched alkanes of at least 4 members (excludes halogenated alkanes) is 11. The number of carbonyl (C=O) groups excluding carboxylic acids is 2. The lowest BCUT2D eigenvalue weighted by Gasteiger charge is -2.24. The highest BCUT2D eigenvalue weighted by Crippen LogP contribution is 2.43. The Morgan fingerprint density at radius 1 is 0.625 bits per heavy atom. The highest BCUT2D eigenvalue weighted by molar-refractivity contribution is 7.47. The maximum atomic E-state index is 12.7. The summed E-state index contributed by atoms with van der Waals surface area (Å²) in [5.74, 6) is -0.897. The number of ether oxygens (including phenoxy) is 2. The highest BCUT2D eigenvalue weighted by Gasteiger charge is 2.27. The second kappa shape index (κ2) is 37.0. The molecular formula is C45H81NO9P+. The molecule has 0 aliphatic heterocycles. The van der Waals surface area contributed by atoms with Crippen molar-refractivity contribution in [1.82, 2.24) is 0 Å². The van der Waals surface area contributed by atoms with Gasteiger partial charge in [-0.2, -0.15) is 0 Å². The van der Waals surface area contributed by atoms with Gasteiger partial charge in [0.2, 0.25) is 0 Å². The van der Waals surface area contributed by atoms with Crippen molar-refractivity contribution in [2.24, 2.45) is 0 Å². The number of hydrogen-bond donors (Lipinski definition) is 2. The number of carbonyl (C=O) groups is 2. The average Bonchev–Trinajstić information content (AvgIpc) is 3.15. The number of phosphoric ester groups is 1. The second-order valence-corrected chi connectivity index (χ2v) is 17.0. The lowest BCUT2D eigenvalue weighted by molar-refractivity contribution is -0.870. The van der Waals surface area contributed by atoms with Crippen LogP contribution in [0, 0.1) is 0 Å². The first kappa shape index (κ1) is 53.7. The van der Waals surface area contributed by atoms with Gasteiger partial charge in [0.1, 0.15) is 19.8 Å². The van der Waals surface area contributed by atoms with E-state index in [0.29, 0.717) is 30.3 Å². The van der Waals surface area contributed by atoms with Crippen LogP contribution in [0.2, 0.25) is 0 Å². The standard InChI is InChI=1S/C45H80NO9P/c1-6-8-9-10-11-12-13-14-18-21-24-27-30-33-36-44(48)52-40-43(41-54-56(50,51)53-39-38-46(3,4)5)55-45(49)37-34-31-28-25-22-19-16-15-17-20-23-26-29-32-35-42(47)7-2/h13-14,16-17,19-20,25-26,28-29,42-43,47H,6-12,15,18,21-24,27,30-41H2,1-5H3/p+1/b14-13-,19-16-,20-17-,28-25-,29-26-. The van der Waals surface area contributed by atoms with Crippen molar-refractivity contribution in [1.29, 1.82) is 0 Å². The second-order valence-electron chi connectivity index (χ2n) is 15.5. The van der Waals surface area contributed by atoms with Crippen molar-refractivity contribution >= 4 is 19.8 Å². The van der Waals surface area contributed by atoms with E-state index in [-0.39, 0.29) is 32.2 Å². The summed E-state index contributed by atoms with van der Waals surface area (Å²) in [4.78, 5) is 35.3. The fourth-order valence-corrected chi connectivity index (χ4v) is 6.07. The van der Waals surface area contributed by atoms with Crippen molar-refractivity contribution < 1.29 is 47.2 Å². The Hall–Kier alpha value is -2.33. The normalized spacial score (nSPS) is 14.8. The van der Waals surface area contributed by atoms with Crippen LogP contribution in [0.4, 0.5) is 0 Å². The molecule has 11 heteroatoms. The molecule has 0 radical (unpaired) electrons. The number of hydrogen-bond acceptors (Lipinski definition) is 8. The number of rotatable bonds is 38. The number of aliphatic hydroxyl groups is 1. The van der Waals surface area contributed by atoms with Gasteiger partial charge in [-0.1, -0.05) is 120 Å². The van der Waals surface area contributed by atoms with Crippen LogP contribution in [-0.2, 0) is 32.7 Å². The monoisotopic (exact) mass is 811 g/mol. The predicted molar refractivity (Wildman–Crippen MR) is 230 cm³/mol. The minimum atomic E-state index is -4.40. The molecule has 0 aliphatic carbocycles. The predicted octanol–water partition coefficient (Wildman–Crippen LogP) is 11.0. The summed E-state index contributed by atoms with van der Waals surface area (Å²) in [5.41, 5.74) is 0. The summed E-state index contributed by atoms with van der Waals surface area (Å²) >= 11 is 0. The van der Waals surface area contributed by atoms with Gasteiger partial charge in [-0.3, -0.25) is 18.6 Å². The lowest BCUT2D eigenvalue weighted by atomic mass is 10.1. The molecule has 2 N–H and O–H groups in total. The van der Waals surface area contributed by atoms with Crippen molar-refractivity contribution in [2.45, 2.75) is 167 Å². The van der Waals surface area contributed by atoms with Crippen molar-refractivity contribution in [3.05, 3.63) is 60.8 Å². The molecule has 324 valence electrons. The average molecular weight is 811 g/mol. The molecule has 0 rings (SSSR count). The summed E-state index contributed by atoms with van der Waals surface area (Å²) in [6.07, 6.45) is 40.7. The Kier molecular flexibility index (Phi) is 35.4. The van der Waals surface area contributed by atoms with E-state index in [4.69, 9.17) is 18.5 Å². The van der Waals surface area contributed by atoms with E-state index in [2.05, 4.69) is 61.6 Å². The van der Waals surface area contributed by atoms with E-state index in [1.54, 1.807) is 0 Å². The molecule has 3 atom stereocenters. The maximum Gasteiger partial charge on any atom is 0.472 e. The lowest BCUT2D eigenvalue weighted by Crippen LogP contribution is -2.37. The molecule has 0 heterocycles. The zero-order valence-electron chi connectivity index (χ0n) is 36.0. The fraction of sp³-hybridized carbons (Fsp3) is 0.733. The van der Waals surface area contributed by atoms with Crippen molar-refractivity contribution in [2.75, 3.05) is 47.5 Å². The van der Waals surface area contributed by atoms with Crippen LogP contribution in [0.5, 0.6) is 0 Å². The molecule has 0 saturated heterocycles. The van der Waals surface area contributed by atoms with Gasteiger partial charge in [0.15, 0.2) is 6.10 Å². The van der Waals surface area contributed by atoms with Gasteiger partial charge >= 0.3 is 19.8 Å². The fourth-order valence-electron chi connectivity index (χ4n) is 5.33. The van der Waals surface area contributed by atoms with Crippen LogP contribution >= 0.6 is 7.82 Å². The van der Waals surface area contributed by atoms with E-state index < -0.39 is 32.5 Å². The van der Waals surface area contributed by atoms with E-state index in [1.165, 1.54) is 38.5 Å². The number of phosphoric acid groups is 1. The van der Waals surface area contributed by atoms with Gasteiger partial charge in [0.25, 0.3) is 0 Å². The van der Waals surface area contributed by atoms with Crippen LogP contribution in [0.3, 0.4) is 0 Å². The third-order valence-electron chi connectivity index (χ3n) is 8.93. The first-order chi connectivity index (χ1) is 26.9. The molecule has 0 aromatic carbocycles. The molecule has 0 saturated carbocycles. The zero-order chi connectivity index (χ0) is 41.6. The van der Waals surface area contributed by atoms with E-state index in [9.17, 15) is 24.2 Å². The maximum absolute atomic E-state index is 12.7. The largest absolute Gasteiger partial charge is 0.472 e. The number of allylic oxidation sites excluding steroid dienone is 10. The number of aliphatic hydroxyl groups excluding tert-OH is 1. The summed E-state index contributed by atoms with van der Waals surface area (Å²) in [6.45, 7) is 4.03. The third kappa shape index (κ3) is 39.9. The number of esters is 2. The van der Waals surface area contributed by atoms with Gasteiger partial charge in [0, 0.05) is 12.8 Å². The molecule has 0 fully saturated rings. The molecule has 0 aromatic heterocycles. The van der Waals surface area contributed by atoms with Gasteiger partial charge < -0.3 is 24.0 Å². The van der Waals surface area contributed by atoms with Crippen LogP contribution in [0.15, 0.2) is 60.8 Å². The molecule has 0 aliphatic rings. The molecule has 10 nitrogen and oxygen atoms in total. The Bertz CT molecular complexity index is 1160. The SMILES string of the molecule is CCCCCCC/C=C\CCCCCCCC(=O)OCC(COP(=O)(O)OCC[N+](C)(C)C)OC(=O)CCC/C=C\C/C=C\C/C=C\C/C=C\CCC(O)CC. The number of likely N-dealkylation sites (N-methyl/N-ethyl adjacent to an activating group) is 1. The molecule has 0 aromatic rings. The molecular weight excluding hydrogens is 729 g/mol. The van der Waals surface area contributed by atoms with E-state index in [1.807, 2.05) is 34.1 Å². The van der Waals surface area contributed by atoms with Gasteiger partial charge in [-0.05, 0) is 83.5 Å². The molecule has 0 bridgehead atoms. The van der Waals surface area contributed by atoms with Crippen LogP contribution in [-0.4, -0.2) is 86.1 Å². The Morgan fingerprint density at radius 3 is 1.71 bits per heavy atom. The van der Waals surface area contributed by atoms with Crippen LogP contribution in [0.25, 0.3) is 0 Å². The number of quaternary nitrogens is 1. The van der Waals surface area contributed by atoms with Gasteiger partial charge in [-0.25, -0.2) is 4.57 Å². The summed E-state index contributed by atoms with van der Waals surface area (Å²) in [5, 5.41) is 9.57. The molecule has 0 amide bonds. The van der Waals surface area contributed by atoms with Crippen molar-refractivity contribution in [3.63, 3.8) is 0 Å². The van der Waals surface area contributed by atoms with Crippen LogP contribution < -0.4 is 0 Å². The summed E-state index contributed by atoms with van der Waals surface area (Å²) < 4.78 is 34.2. The van der Waals surface area contributed by atoms with Crippen LogP contribution in [0.1, 0.15) is 155 Å². The zero-order valence-corrected chi connectivity index (χ0v) is 36.9. The Morgan fingerprint density at radius 2 is 1.12 bits per heavy atom. The summed E-state index contributed by atoms with van der Waals surface area (Å²) in [6, 6.07) is 0. The van der Waals surface area contributed by atoms with E-state index >= 15 is 0 Å².